The molecule has 2 heterocycles. The zero-order valence-electron chi connectivity index (χ0n) is 16.0. The summed E-state index contributed by atoms with van der Waals surface area (Å²) in [5.74, 6) is 0.0821. The molecule has 1 fully saturated rings. The van der Waals surface area contributed by atoms with Gasteiger partial charge in [0.05, 0.1) is 16.5 Å². The van der Waals surface area contributed by atoms with Crippen LogP contribution in [-0.2, 0) is 14.8 Å². The van der Waals surface area contributed by atoms with Crippen LogP contribution in [0.15, 0.2) is 58.3 Å². The monoisotopic (exact) mass is 434 g/mol. The van der Waals surface area contributed by atoms with Crippen LogP contribution in [0.5, 0.6) is 0 Å². The van der Waals surface area contributed by atoms with Crippen LogP contribution >= 0.6 is 11.8 Å². The van der Waals surface area contributed by atoms with E-state index in [1.165, 1.54) is 16.4 Å². The number of halogens is 1. The SMILES string of the molecule is O=C(C1CCCN(S(=O)(=O)c2ccc(F)cc2)C1)N1CCCSc2ccccc21. The van der Waals surface area contributed by atoms with E-state index in [4.69, 9.17) is 0 Å². The zero-order valence-corrected chi connectivity index (χ0v) is 17.6. The highest BCUT2D eigenvalue weighted by molar-refractivity contribution is 7.99. The van der Waals surface area contributed by atoms with Crippen molar-refractivity contribution < 1.29 is 17.6 Å². The summed E-state index contributed by atoms with van der Waals surface area (Å²) in [5, 5.41) is 0. The maximum absolute atomic E-state index is 13.4. The standard InChI is InChI=1S/C21H23FN2O3S2/c22-17-8-10-18(11-9-17)29(26,27)23-12-3-5-16(15-23)21(25)24-13-4-14-28-20-7-2-1-6-19(20)24/h1-2,6-11,16H,3-5,12-15H2. The summed E-state index contributed by atoms with van der Waals surface area (Å²) in [6, 6.07) is 12.7. The number of carbonyl (C=O) groups is 1. The van der Waals surface area contributed by atoms with Gasteiger partial charge in [-0.2, -0.15) is 4.31 Å². The Balaban J connectivity index is 1.55. The number of amides is 1. The first-order chi connectivity index (χ1) is 14.0. The van der Waals surface area contributed by atoms with Gasteiger partial charge in [0.1, 0.15) is 5.82 Å². The van der Waals surface area contributed by atoms with Crippen LogP contribution in [0.25, 0.3) is 0 Å². The van der Waals surface area contributed by atoms with Gasteiger partial charge in [-0.3, -0.25) is 4.79 Å². The van der Waals surface area contributed by atoms with Crippen LogP contribution in [0.1, 0.15) is 19.3 Å². The van der Waals surface area contributed by atoms with Gasteiger partial charge in [0, 0.05) is 24.5 Å². The Morgan fingerprint density at radius 3 is 2.59 bits per heavy atom. The van der Waals surface area contributed by atoms with Gasteiger partial charge in [0.2, 0.25) is 15.9 Å². The quantitative estimate of drug-likeness (QED) is 0.738. The van der Waals surface area contributed by atoms with Gasteiger partial charge in [-0.25, -0.2) is 12.8 Å². The third-order valence-electron chi connectivity index (χ3n) is 5.39. The number of thioether (sulfide) groups is 1. The van der Waals surface area contributed by atoms with Gasteiger partial charge in [-0.05, 0) is 61.4 Å². The van der Waals surface area contributed by atoms with Crippen molar-refractivity contribution in [1.82, 2.24) is 4.31 Å². The molecule has 0 radical (unpaired) electrons. The Kier molecular flexibility index (Phi) is 5.94. The molecule has 4 rings (SSSR count). The Bertz CT molecular complexity index is 995. The first-order valence-corrected chi connectivity index (χ1v) is 12.2. The van der Waals surface area contributed by atoms with E-state index in [0.717, 1.165) is 34.9 Å². The molecular formula is C21H23FN2O3S2. The summed E-state index contributed by atoms with van der Waals surface area (Å²) in [7, 11) is -3.75. The van der Waals surface area contributed by atoms with Gasteiger partial charge < -0.3 is 4.90 Å². The fourth-order valence-electron chi connectivity index (χ4n) is 3.89. The summed E-state index contributed by atoms with van der Waals surface area (Å²) in [4.78, 5) is 16.3. The van der Waals surface area contributed by atoms with Crippen molar-refractivity contribution in [2.45, 2.75) is 29.1 Å². The Morgan fingerprint density at radius 2 is 1.79 bits per heavy atom. The average molecular weight is 435 g/mol. The number of sulfonamides is 1. The molecule has 0 bridgehead atoms. The van der Waals surface area contributed by atoms with Crippen molar-refractivity contribution in [2.75, 3.05) is 30.3 Å². The lowest BCUT2D eigenvalue weighted by Gasteiger charge is -2.34. The topological polar surface area (TPSA) is 57.7 Å². The minimum Gasteiger partial charge on any atom is -0.311 e. The minimum absolute atomic E-state index is 0.0149. The van der Waals surface area contributed by atoms with Gasteiger partial charge >= 0.3 is 0 Å². The molecule has 2 aromatic carbocycles. The molecule has 5 nitrogen and oxygen atoms in total. The van der Waals surface area contributed by atoms with Crippen LogP contribution in [-0.4, -0.2) is 44.0 Å². The second-order valence-corrected chi connectivity index (χ2v) is 10.4. The lowest BCUT2D eigenvalue weighted by atomic mass is 9.97. The zero-order chi connectivity index (χ0) is 20.4. The van der Waals surface area contributed by atoms with Gasteiger partial charge in [0.15, 0.2) is 0 Å². The van der Waals surface area contributed by atoms with Crippen molar-refractivity contribution in [3.8, 4) is 0 Å². The number of carbonyl (C=O) groups excluding carboxylic acids is 1. The van der Waals surface area contributed by atoms with Crippen LogP contribution in [0.2, 0.25) is 0 Å². The lowest BCUT2D eigenvalue weighted by molar-refractivity contribution is -0.123. The molecule has 8 heteroatoms. The number of benzene rings is 2. The molecule has 1 saturated heterocycles. The van der Waals surface area contributed by atoms with E-state index in [1.54, 1.807) is 11.8 Å². The normalized spacial score (nSPS) is 20.7. The molecule has 1 atom stereocenters. The second kappa shape index (κ2) is 8.45. The molecule has 1 unspecified atom stereocenters. The lowest BCUT2D eigenvalue weighted by Crippen LogP contribution is -2.47. The fraction of sp³-hybridized carbons (Fsp3) is 0.381. The number of rotatable bonds is 3. The Labute approximate surface area is 174 Å². The number of fused-ring (bicyclic) bond motifs is 1. The molecule has 0 saturated carbocycles. The molecule has 2 aliphatic rings. The number of hydrogen-bond acceptors (Lipinski definition) is 4. The van der Waals surface area contributed by atoms with Crippen molar-refractivity contribution in [1.29, 1.82) is 0 Å². The third-order valence-corrected chi connectivity index (χ3v) is 8.42. The summed E-state index contributed by atoms with van der Waals surface area (Å²) in [6.07, 6.45) is 2.19. The van der Waals surface area contributed by atoms with Crippen LogP contribution in [0.3, 0.4) is 0 Å². The maximum atomic E-state index is 13.4. The smallest absolute Gasteiger partial charge is 0.243 e. The highest BCUT2D eigenvalue weighted by Crippen LogP contribution is 2.35. The van der Waals surface area contributed by atoms with E-state index in [1.807, 2.05) is 29.2 Å². The van der Waals surface area contributed by atoms with Gasteiger partial charge in [-0.15, -0.1) is 11.8 Å². The maximum Gasteiger partial charge on any atom is 0.243 e. The number of nitrogens with zero attached hydrogens (tertiary/aromatic N) is 2. The van der Waals surface area contributed by atoms with Crippen molar-refractivity contribution in [2.24, 2.45) is 5.92 Å². The number of hydrogen-bond donors (Lipinski definition) is 0. The molecular weight excluding hydrogens is 411 g/mol. The first-order valence-electron chi connectivity index (χ1n) is 9.76. The third kappa shape index (κ3) is 4.20. The summed E-state index contributed by atoms with van der Waals surface area (Å²) >= 11 is 1.75. The first kappa shape index (κ1) is 20.4. The van der Waals surface area contributed by atoms with Gasteiger partial charge in [0.25, 0.3) is 0 Å². The van der Waals surface area contributed by atoms with E-state index in [2.05, 4.69) is 0 Å². The predicted molar refractivity (Wildman–Crippen MR) is 112 cm³/mol. The number of piperidine rings is 1. The molecule has 154 valence electrons. The molecule has 2 aliphatic heterocycles. The van der Waals surface area contributed by atoms with Crippen molar-refractivity contribution in [3.05, 3.63) is 54.3 Å². The van der Waals surface area contributed by atoms with Crippen molar-refractivity contribution >= 4 is 33.4 Å². The summed E-state index contributed by atoms with van der Waals surface area (Å²) < 4.78 is 40.5. The van der Waals surface area contributed by atoms with E-state index in [0.29, 0.717) is 25.9 Å². The highest BCUT2D eigenvalue weighted by Gasteiger charge is 2.36. The Hall–Kier alpha value is -1.90. The van der Waals surface area contributed by atoms with Gasteiger partial charge in [-0.1, -0.05) is 12.1 Å². The summed E-state index contributed by atoms with van der Waals surface area (Å²) in [6.45, 7) is 1.17. The molecule has 29 heavy (non-hydrogen) atoms. The van der Waals surface area contributed by atoms with Crippen LogP contribution < -0.4 is 4.90 Å². The second-order valence-electron chi connectivity index (χ2n) is 7.32. The molecule has 2 aromatic rings. The van der Waals surface area contributed by atoms with E-state index in [9.17, 15) is 17.6 Å². The van der Waals surface area contributed by atoms with E-state index >= 15 is 0 Å². The van der Waals surface area contributed by atoms with Crippen molar-refractivity contribution in [3.63, 3.8) is 0 Å². The fourth-order valence-corrected chi connectivity index (χ4v) is 6.41. The van der Waals surface area contributed by atoms with E-state index < -0.39 is 15.8 Å². The van der Waals surface area contributed by atoms with E-state index in [-0.39, 0.29) is 23.3 Å². The van der Waals surface area contributed by atoms with Crippen LogP contribution in [0.4, 0.5) is 10.1 Å². The molecule has 0 aliphatic carbocycles. The predicted octanol–water partition coefficient (Wildman–Crippen LogP) is 3.76. The average Bonchev–Trinajstić information content (AvgIpc) is 2.96. The molecule has 0 N–H and O–H groups in total. The molecule has 0 spiro atoms. The Morgan fingerprint density at radius 1 is 1.03 bits per heavy atom. The highest BCUT2D eigenvalue weighted by atomic mass is 32.2. The minimum atomic E-state index is -3.75. The summed E-state index contributed by atoms with van der Waals surface area (Å²) in [5.41, 5.74) is 0.915. The molecule has 0 aromatic heterocycles. The number of para-hydroxylation sites is 1. The number of anilines is 1. The largest absolute Gasteiger partial charge is 0.311 e. The van der Waals surface area contributed by atoms with Crippen LogP contribution in [0, 0.1) is 11.7 Å². The molecule has 1 amide bonds.